The number of nitrogens with one attached hydrogen (secondary N) is 1. The van der Waals surface area contributed by atoms with Gasteiger partial charge in [-0.05, 0) is 61.7 Å². The summed E-state index contributed by atoms with van der Waals surface area (Å²) in [4.78, 5) is 24.4. The van der Waals surface area contributed by atoms with E-state index in [1.165, 1.54) is 16.4 Å². The fraction of sp³-hybridized carbons (Fsp3) is 0.364. The molecule has 1 fully saturated rings. The lowest BCUT2D eigenvalue weighted by molar-refractivity contribution is -0.119. The van der Waals surface area contributed by atoms with E-state index in [1.807, 2.05) is 6.92 Å². The summed E-state index contributed by atoms with van der Waals surface area (Å²) in [6.07, 6.45) is 2.57. The minimum Gasteiger partial charge on any atom is -0.494 e. The van der Waals surface area contributed by atoms with Crippen molar-refractivity contribution in [3.8, 4) is 5.75 Å². The lowest BCUT2D eigenvalue weighted by Gasteiger charge is -2.16. The number of benzene rings is 2. The Kier molecular flexibility index (Phi) is 7.64. The molecule has 0 saturated carbocycles. The molecule has 0 radical (unpaired) electrons. The van der Waals surface area contributed by atoms with Crippen LogP contribution in [0.3, 0.4) is 0 Å². The lowest BCUT2D eigenvalue weighted by atomic mass is 10.2. The zero-order chi connectivity index (χ0) is 22.3. The molecule has 1 heterocycles. The van der Waals surface area contributed by atoms with Gasteiger partial charge in [0.15, 0.2) is 6.61 Å². The molecule has 1 N–H and O–H groups in total. The van der Waals surface area contributed by atoms with Gasteiger partial charge in [-0.2, -0.15) is 4.31 Å². The molecule has 3 rings (SSSR count). The first-order valence-electron chi connectivity index (χ1n) is 10.2. The Morgan fingerprint density at radius 2 is 1.77 bits per heavy atom. The average Bonchev–Trinajstić information content (AvgIpc) is 3.32. The van der Waals surface area contributed by atoms with Crippen LogP contribution in [0.5, 0.6) is 5.75 Å². The molecule has 1 aliphatic rings. The molecule has 0 aliphatic carbocycles. The van der Waals surface area contributed by atoms with Crippen LogP contribution in [0, 0.1) is 0 Å². The molecule has 2 aromatic carbocycles. The zero-order valence-electron chi connectivity index (χ0n) is 17.4. The predicted octanol–water partition coefficient (Wildman–Crippen LogP) is 3.06. The predicted molar refractivity (Wildman–Crippen MR) is 116 cm³/mol. The van der Waals surface area contributed by atoms with Crippen molar-refractivity contribution < 1.29 is 27.5 Å². The van der Waals surface area contributed by atoms with Gasteiger partial charge >= 0.3 is 5.97 Å². The van der Waals surface area contributed by atoms with Gasteiger partial charge in [0.05, 0.1) is 17.1 Å². The first-order chi connectivity index (χ1) is 14.9. The van der Waals surface area contributed by atoms with E-state index in [0.29, 0.717) is 36.7 Å². The van der Waals surface area contributed by atoms with Gasteiger partial charge in [-0.25, -0.2) is 13.2 Å². The number of carbonyl (C=O) groups is 2. The topological polar surface area (TPSA) is 102 Å². The molecule has 0 atom stereocenters. The average molecular weight is 447 g/mol. The fourth-order valence-electron chi connectivity index (χ4n) is 3.13. The fourth-order valence-corrected chi connectivity index (χ4v) is 4.69. The summed E-state index contributed by atoms with van der Waals surface area (Å²) in [5.41, 5.74) is 0.620. The molecule has 166 valence electrons. The van der Waals surface area contributed by atoms with Crippen LogP contribution in [0.4, 0.5) is 5.69 Å². The number of nitrogens with zero attached hydrogens (tertiary/aromatic N) is 1. The van der Waals surface area contributed by atoms with Gasteiger partial charge < -0.3 is 14.8 Å². The maximum atomic E-state index is 12.7. The third kappa shape index (κ3) is 6.05. The molecule has 0 unspecified atom stereocenters. The van der Waals surface area contributed by atoms with Crippen LogP contribution in [0.2, 0.25) is 0 Å². The second-order valence-corrected chi connectivity index (χ2v) is 9.07. The number of esters is 1. The van der Waals surface area contributed by atoms with Crippen molar-refractivity contribution in [2.45, 2.75) is 31.1 Å². The second kappa shape index (κ2) is 10.4. The summed E-state index contributed by atoms with van der Waals surface area (Å²) in [6, 6.07) is 12.5. The number of carbonyl (C=O) groups excluding carboxylic acids is 2. The van der Waals surface area contributed by atoms with E-state index in [2.05, 4.69) is 5.32 Å². The molecule has 0 bridgehead atoms. The van der Waals surface area contributed by atoms with Crippen LogP contribution in [0.25, 0.3) is 0 Å². The summed E-state index contributed by atoms with van der Waals surface area (Å²) in [5.74, 6) is -0.547. The van der Waals surface area contributed by atoms with Crippen LogP contribution in [-0.4, -0.2) is 50.9 Å². The number of hydrogen-bond donors (Lipinski definition) is 1. The molecule has 0 spiro atoms. The third-order valence-electron chi connectivity index (χ3n) is 4.72. The van der Waals surface area contributed by atoms with E-state index in [4.69, 9.17) is 9.47 Å². The zero-order valence-corrected chi connectivity index (χ0v) is 18.2. The van der Waals surface area contributed by atoms with Crippen LogP contribution < -0.4 is 10.1 Å². The van der Waals surface area contributed by atoms with Crippen molar-refractivity contribution in [3.05, 3.63) is 54.1 Å². The minimum absolute atomic E-state index is 0.120. The largest absolute Gasteiger partial charge is 0.494 e. The highest BCUT2D eigenvalue weighted by atomic mass is 32.2. The summed E-state index contributed by atoms with van der Waals surface area (Å²) in [7, 11) is -3.58. The third-order valence-corrected chi connectivity index (χ3v) is 6.61. The number of hydrogen-bond acceptors (Lipinski definition) is 6. The molecule has 0 aromatic heterocycles. The van der Waals surface area contributed by atoms with Crippen LogP contribution >= 0.6 is 0 Å². The van der Waals surface area contributed by atoms with Gasteiger partial charge in [0.25, 0.3) is 5.91 Å². The monoisotopic (exact) mass is 446 g/mol. The maximum Gasteiger partial charge on any atom is 0.338 e. The van der Waals surface area contributed by atoms with E-state index >= 15 is 0 Å². The molecular weight excluding hydrogens is 420 g/mol. The van der Waals surface area contributed by atoms with Crippen LogP contribution in [0.15, 0.2) is 53.4 Å². The van der Waals surface area contributed by atoms with E-state index in [9.17, 15) is 18.0 Å². The summed E-state index contributed by atoms with van der Waals surface area (Å²) >= 11 is 0. The smallest absolute Gasteiger partial charge is 0.338 e. The van der Waals surface area contributed by atoms with E-state index < -0.39 is 28.5 Å². The van der Waals surface area contributed by atoms with Gasteiger partial charge in [-0.1, -0.05) is 13.0 Å². The van der Waals surface area contributed by atoms with Gasteiger partial charge in [0.2, 0.25) is 10.0 Å². The summed E-state index contributed by atoms with van der Waals surface area (Å²) in [6.45, 7) is 3.10. The molecule has 1 amide bonds. The second-order valence-electron chi connectivity index (χ2n) is 7.14. The normalized spacial score (nSPS) is 14.2. The molecule has 1 aliphatic heterocycles. The first-order valence-corrected chi connectivity index (χ1v) is 11.6. The highest BCUT2D eigenvalue weighted by Crippen LogP contribution is 2.23. The Labute approximate surface area is 182 Å². The van der Waals surface area contributed by atoms with Crippen molar-refractivity contribution in [3.63, 3.8) is 0 Å². The molecule has 2 aromatic rings. The van der Waals surface area contributed by atoms with Gasteiger partial charge in [-0.3, -0.25) is 4.79 Å². The van der Waals surface area contributed by atoms with Crippen LogP contribution in [-0.2, 0) is 19.6 Å². The maximum absolute atomic E-state index is 12.7. The Hall–Kier alpha value is -2.91. The van der Waals surface area contributed by atoms with Crippen molar-refractivity contribution in [1.29, 1.82) is 0 Å². The summed E-state index contributed by atoms with van der Waals surface area (Å²) < 4.78 is 37.3. The highest BCUT2D eigenvalue weighted by molar-refractivity contribution is 7.89. The Balaban J connectivity index is 1.54. The van der Waals surface area contributed by atoms with E-state index in [1.54, 1.807) is 36.4 Å². The highest BCUT2D eigenvalue weighted by Gasteiger charge is 2.27. The minimum atomic E-state index is -3.58. The number of sulfonamides is 1. The molecular formula is C22H26N2O6S. The first kappa shape index (κ1) is 22.8. The number of rotatable bonds is 9. The van der Waals surface area contributed by atoms with E-state index in [-0.39, 0.29) is 4.90 Å². The number of anilines is 1. The van der Waals surface area contributed by atoms with E-state index in [0.717, 1.165) is 19.3 Å². The van der Waals surface area contributed by atoms with Crippen molar-refractivity contribution in [2.75, 3.05) is 31.6 Å². The molecule has 31 heavy (non-hydrogen) atoms. The molecule has 9 heteroatoms. The standard InChI is InChI=1S/C22H26N2O6S/c1-2-14-29-19-10-8-17(9-11-19)22(26)30-16-21(25)23-18-6-5-7-20(15-18)31(27,28)24-12-3-4-13-24/h5-11,15H,2-4,12-14,16H2,1H3,(H,23,25). The number of ether oxygens (including phenoxy) is 2. The Morgan fingerprint density at radius 1 is 1.06 bits per heavy atom. The summed E-state index contributed by atoms with van der Waals surface area (Å²) in [5, 5.41) is 2.56. The quantitative estimate of drug-likeness (QED) is 0.594. The van der Waals surface area contributed by atoms with Gasteiger partial charge in [-0.15, -0.1) is 0 Å². The Morgan fingerprint density at radius 3 is 2.45 bits per heavy atom. The van der Waals surface area contributed by atoms with Crippen molar-refractivity contribution in [1.82, 2.24) is 4.31 Å². The van der Waals surface area contributed by atoms with Crippen LogP contribution in [0.1, 0.15) is 36.5 Å². The lowest BCUT2D eigenvalue weighted by Crippen LogP contribution is -2.28. The van der Waals surface area contributed by atoms with Crippen molar-refractivity contribution in [2.24, 2.45) is 0 Å². The Bertz CT molecular complexity index is 1010. The van der Waals surface area contributed by atoms with Gasteiger partial charge in [0.1, 0.15) is 5.75 Å². The molecule has 1 saturated heterocycles. The van der Waals surface area contributed by atoms with Crippen molar-refractivity contribution >= 4 is 27.6 Å². The SMILES string of the molecule is CCCOc1ccc(C(=O)OCC(=O)Nc2cccc(S(=O)(=O)N3CCCC3)c2)cc1. The number of amides is 1. The van der Waals surface area contributed by atoms with Gasteiger partial charge in [0, 0.05) is 18.8 Å². The molecule has 8 nitrogen and oxygen atoms in total.